The number of aromatic nitrogens is 3. The highest BCUT2D eigenvalue weighted by Crippen LogP contribution is 2.36. The molecular formula is C22H27F3N4O6. The fourth-order valence-corrected chi connectivity index (χ4v) is 3.90. The van der Waals surface area contributed by atoms with Gasteiger partial charge < -0.3 is 14.4 Å². The predicted molar refractivity (Wildman–Crippen MR) is 115 cm³/mol. The molecular weight excluding hydrogens is 473 g/mol. The van der Waals surface area contributed by atoms with Crippen molar-refractivity contribution in [2.45, 2.75) is 57.9 Å². The molecule has 1 aliphatic carbocycles. The second kappa shape index (κ2) is 11.3. The van der Waals surface area contributed by atoms with Crippen LogP contribution in [-0.2, 0) is 16.8 Å². The molecule has 2 aromatic rings. The minimum absolute atomic E-state index is 0.0338. The summed E-state index contributed by atoms with van der Waals surface area (Å²) >= 11 is 0. The zero-order valence-corrected chi connectivity index (χ0v) is 19.6. The van der Waals surface area contributed by atoms with Crippen molar-refractivity contribution in [3.63, 3.8) is 0 Å². The molecule has 0 bridgehead atoms. The summed E-state index contributed by atoms with van der Waals surface area (Å²) in [5.41, 5.74) is 0.816. The Bertz CT molecular complexity index is 1000. The van der Waals surface area contributed by atoms with Crippen molar-refractivity contribution in [2.75, 3.05) is 13.1 Å². The van der Waals surface area contributed by atoms with E-state index in [1.54, 1.807) is 26.0 Å². The largest absolute Gasteiger partial charge is 0.573 e. The van der Waals surface area contributed by atoms with Crippen molar-refractivity contribution in [2.24, 2.45) is 7.05 Å². The van der Waals surface area contributed by atoms with Crippen LogP contribution in [-0.4, -0.2) is 57.5 Å². The topological polar surface area (TPSA) is 105 Å². The highest BCUT2D eigenvalue weighted by molar-refractivity contribution is 5.89. The van der Waals surface area contributed by atoms with E-state index >= 15 is 0 Å². The van der Waals surface area contributed by atoms with E-state index in [1.807, 2.05) is 0 Å². The van der Waals surface area contributed by atoms with Gasteiger partial charge in [-0.1, -0.05) is 22.4 Å². The molecule has 1 amide bonds. The highest BCUT2D eigenvalue weighted by atomic mass is 19.4. The molecule has 1 aromatic carbocycles. The zero-order valence-electron chi connectivity index (χ0n) is 19.6. The molecule has 0 unspecified atom stereocenters. The number of ether oxygens (including phenoxy) is 2. The Morgan fingerprint density at radius 3 is 2.26 bits per heavy atom. The van der Waals surface area contributed by atoms with Gasteiger partial charge >= 0.3 is 18.4 Å². The SMILES string of the molecule is CCN(CC)C(=O)OOC(=O)c1c(OC2CCC(c3ccc(OC(F)(F)F)cc3)CC2)nnn1C. The first-order valence-corrected chi connectivity index (χ1v) is 11.2. The number of amides is 1. The van der Waals surface area contributed by atoms with Crippen molar-refractivity contribution in [3.05, 3.63) is 35.5 Å². The van der Waals surface area contributed by atoms with Crippen molar-refractivity contribution in [3.8, 4) is 11.6 Å². The number of hydrogen-bond acceptors (Lipinski definition) is 8. The van der Waals surface area contributed by atoms with Crippen LogP contribution < -0.4 is 9.47 Å². The number of carbonyl (C=O) groups excluding carboxylic acids is 2. The molecule has 1 aliphatic rings. The Morgan fingerprint density at radius 1 is 1.06 bits per heavy atom. The zero-order chi connectivity index (χ0) is 25.6. The second-order valence-electron chi connectivity index (χ2n) is 7.97. The number of alkyl halides is 3. The minimum atomic E-state index is -4.73. The fraction of sp³-hybridized carbons (Fsp3) is 0.545. The molecule has 1 saturated carbocycles. The molecule has 192 valence electrons. The van der Waals surface area contributed by atoms with E-state index < -0.39 is 18.4 Å². The van der Waals surface area contributed by atoms with Crippen LogP contribution in [0.25, 0.3) is 0 Å². The Kier molecular flexibility index (Phi) is 8.41. The van der Waals surface area contributed by atoms with Crippen molar-refractivity contribution in [1.29, 1.82) is 0 Å². The Labute approximate surface area is 199 Å². The average Bonchev–Trinajstić information content (AvgIpc) is 3.18. The van der Waals surface area contributed by atoms with Crippen molar-refractivity contribution < 1.29 is 42.0 Å². The van der Waals surface area contributed by atoms with Gasteiger partial charge in [0, 0.05) is 20.1 Å². The van der Waals surface area contributed by atoms with Crippen LogP contribution in [0.15, 0.2) is 24.3 Å². The lowest BCUT2D eigenvalue weighted by Crippen LogP contribution is -2.32. The first kappa shape index (κ1) is 26.1. The van der Waals surface area contributed by atoms with Crippen LogP contribution in [0.4, 0.5) is 18.0 Å². The van der Waals surface area contributed by atoms with E-state index in [2.05, 4.69) is 24.8 Å². The van der Waals surface area contributed by atoms with E-state index in [0.717, 1.165) is 18.4 Å². The van der Waals surface area contributed by atoms with Crippen LogP contribution >= 0.6 is 0 Å². The molecule has 1 aromatic heterocycles. The molecule has 3 rings (SSSR count). The number of nitrogens with zero attached hydrogens (tertiary/aromatic N) is 4. The lowest BCUT2D eigenvalue weighted by molar-refractivity contribution is -0.274. The minimum Gasteiger partial charge on any atom is -0.472 e. The van der Waals surface area contributed by atoms with E-state index in [0.29, 0.717) is 25.9 Å². The average molecular weight is 500 g/mol. The lowest BCUT2D eigenvalue weighted by atomic mass is 9.83. The molecule has 10 nitrogen and oxygen atoms in total. The van der Waals surface area contributed by atoms with Crippen LogP contribution in [0.5, 0.6) is 11.6 Å². The van der Waals surface area contributed by atoms with Gasteiger partial charge in [0.05, 0.1) is 0 Å². The summed E-state index contributed by atoms with van der Waals surface area (Å²) in [5.74, 6) is -1.11. The van der Waals surface area contributed by atoms with Gasteiger partial charge in [-0.15, -0.1) is 13.2 Å². The highest BCUT2D eigenvalue weighted by Gasteiger charge is 2.32. The number of halogens is 3. The van der Waals surface area contributed by atoms with E-state index in [9.17, 15) is 22.8 Å². The third-order valence-corrected chi connectivity index (χ3v) is 5.74. The maximum atomic E-state index is 12.5. The monoisotopic (exact) mass is 500 g/mol. The van der Waals surface area contributed by atoms with Crippen LogP contribution in [0, 0.1) is 0 Å². The normalized spacial score (nSPS) is 18.0. The molecule has 0 spiro atoms. The van der Waals surface area contributed by atoms with Gasteiger partial charge in [0.15, 0.2) is 0 Å². The summed E-state index contributed by atoms with van der Waals surface area (Å²) in [4.78, 5) is 35.0. The molecule has 0 N–H and O–H groups in total. The molecule has 0 aliphatic heterocycles. The summed E-state index contributed by atoms with van der Waals surface area (Å²) in [6.07, 6.45) is -3.05. The number of aryl methyl sites for hydroxylation is 1. The van der Waals surface area contributed by atoms with Gasteiger partial charge in [-0.05, 0) is 63.1 Å². The Balaban J connectivity index is 1.54. The van der Waals surface area contributed by atoms with Gasteiger partial charge in [0.1, 0.15) is 11.9 Å². The van der Waals surface area contributed by atoms with Gasteiger partial charge in [0.2, 0.25) is 5.69 Å². The number of hydrogen-bond donors (Lipinski definition) is 0. The maximum absolute atomic E-state index is 12.5. The van der Waals surface area contributed by atoms with E-state index in [-0.39, 0.29) is 29.3 Å². The quantitative estimate of drug-likeness (QED) is 0.408. The first-order valence-electron chi connectivity index (χ1n) is 11.2. The first-order chi connectivity index (χ1) is 16.6. The molecule has 35 heavy (non-hydrogen) atoms. The van der Waals surface area contributed by atoms with E-state index in [1.165, 1.54) is 28.8 Å². The van der Waals surface area contributed by atoms with Gasteiger partial charge in [0.25, 0.3) is 5.88 Å². The molecule has 0 atom stereocenters. The Hall–Kier alpha value is -3.51. The summed E-state index contributed by atoms with van der Waals surface area (Å²) in [6.45, 7) is 4.30. The standard InChI is InChI=1S/C22H27F3N4O6/c1-4-29(5-2)21(31)35-34-20(30)18-19(26-27-28(18)3)32-16-10-6-14(7-11-16)15-8-12-17(13-9-15)33-22(23,24)25/h8-9,12-14,16H,4-7,10-11H2,1-3H3. The molecule has 1 heterocycles. The lowest BCUT2D eigenvalue weighted by Gasteiger charge is -2.28. The number of benzene rings is 1. The molecule has 1 fully saturated rings. The summed E-state index contributed by atoms with van der Waals surface area (Å²) in [6, 6.07) is 5.86. The van der Waals surface area contributed by atoms with Gasteiger partial charge in [-0.3, -0.25) is 0 Å². The second-order valence-corrected chi connectivity index (χ2v) is 7.97. The molecule has 13 heteroatoms. The van der Waals surface area contributed by atoms with E-state index in [4.69, 9.17) is 4.74 Å². The maximum Gasteiger partial charge on any atom is 0.573 e. The molecule has 0 radical (unpaired) electrons. The predicted octanol–water partition coefficient (Wildman–Crippen LogP) is 4.37. The number of rotatable bonds is 7. The summed E-state index contributed by atoms with van der Waals surface area (Å²) < 4.78 is 48.0. The van der Waals surface area contributed by atoms with Crippen LogP contribution in [0.3, 0.4) is 0 Å². The van der Waals surface area contributed by atoms with Gasteiger partial charge in [-0.25, -0.2) is 24.0 Å². The van der Waals surface area contributed by atoms with Crippen molar-refractivity contribution in [1.82, 2.24) is 19.9 Å². The fourth-order valence-electron chi connectivity index (χ4n) is 3.90. The van der Waals surface area contributed by atoms with Crippen molar-refractivity contribution >= 4 is 12.1 Å². The van der Waals surface area contributed by atoms with Gasteiger partial charge in [-0.2, -0.15) is 0 Å². The Morgan fingerprint density at radius 2 is 1.69 bits per heavy atom. The summed E-state index contributed by atoms with van der Waals surface area (Å²) in [7, 11) is 1.48. The smallest absolute Gasteiger partial charge is 0.472 e. The van der Waals surface area contributed by atoms with Crippen LogP contribution in [0.1, 0.15) is 61.5 Å². The third-order valence-electron chi connectivity index (χ3n) is 5.74. The summed E-state index contributed by atoms with van der Waals surface area (Å²) in [5, 5.41) is 7.67. The van der Waals surface area contributed by atoms with Crippen LogP contribution in [0.2, 0.25) is 0 Å². The number of carbonyl (C=O) groups is 2. The molecule has 0 saturated heterocycles. The third kappa shape index (κ3) is 6.99.